The molecule has 1 aliphatic rings. The number of hydrogen-bond donors (Lipinski definition) is 1. The maximum absolute atomic E-state index is 4.30. The van der Waals surface area contributed by atoms with Crippen LogP contribution in [0.5, 0.6) is 0 Å². The lowest BCUT2D eigenvalue weighted by molar-refractivity contribution is 0.496. The summed E-state index contributed by atoms with van der Waals surface area (Å²) in [5, 5.41) is 11.6. The lowest BCUT2D eigenvalue weighted by Gasteiger charge is -2.28. The molecular weight excluding hydrogens is 264 g/mol. The molecule has 3 heterocycles. The average Bonchev–Trinajstić information content (AvgIpc) is 2.99. The van der Waals surface area contributed by atoms with Crippen LogP contribution in [0, 0.1) is 5.92 Å². The van der Waals surface area contributed by atoms with Gasteiger partial charge in [-0.1, -0.05) is 31.7 Å². The Morgan fingerprint density at radius 2 is 2.39 bits per heavy atom. The number of hydrogen-bond acceptors (Lipinski definition) is 5. The summed E-state index contributed by atoms with van der Waals surface area (Å²) in [7, 11) is 0. The molecule has 2 aromatic heterocycles. The van der Waals surface area contributed by atoms with E-state index in [9.17, 15) is 0 Å². The summed E-state index contributed by atoms with van der Waals surface area (Å²) in [5.41, 5.74) is 3.53. The van der Waals surface area contributed by atoms with Crippen LogP contribution in [0.4, 0.5) is 0 Å². The third-order valence-electron chi connectivity index (χ3n) is 3.10. The highest BCUT2D eigenvalue weighted by atomic mass is 32.2. The summed E-state index contributed by atoms with van der Waals surface area (Å²) in [5.74, 6) is 2.68. The number of fused-ring (bicyclic) bond motifs is 1. The van der Waals surface area contributed by atoms with Crippen molar-refractivity contribution in [3.05, 3.63) is 28.2 Å². The van der Waals surface area contributed by atoms with Gasteiger partial charge in [0.25, 0.3) is 0 Å². The summed E-state index contributed by atoms with van der Waals surface area (Å²) in [6.45, 7) is 4.49. The third-order valence-corrected chi connectivity index (χ3v) is 5.03. The minimum atomic E-state index is 0.487. The Labute approximate surface area is 115 Å². The van der Waals surface area contributed by atoms with Gasteiger partial charge >= 0.3 is 0 Å². The van der Waals surface area contributed by atoms with Gasteiger partial charge in [-0.25, -0.2) is 4.68 Å². The van der Waals surface area contributed by atoms with Crippen LogP contribution in [0.2, 0.25) is 0 Å². The second-order valence-electron chi connectivity index (χ2n) is 4.78. The summed E-state index contributed by atoms with van der Waals surface area (Å²) < 4.78 is 2.07. The van der Waals surface area contributed by atoms with Crippen LogP contribution in [0.1, 0.15) is 24.5 Å². The molecule has 4 nitrogen and oxygen atoms in total. The van der Waals surface area contributed by atoms with Crippen LogP contribution in [0.25, 0.3) is 0 Å². The van der Waals surface area contributed by atoms with Crippen molar-refractivity contribution in [2.24, 2.45) is 5.92 Å². The molecule has 6 heteroatoms. The van der Waals surface area contributed by atoms with Crippen molar-refractivity contribution in [2.75, 3.05) is 11.2 Å². The van der Waals surface area contributed by atoms with Crippen LogP contribution in [0.15, 0.2) is 22.7 Å². The smallest absolute Gasteiger partial charge is 0.210 e. The molecule has 1 N–H and O–H groups in total. The maximum Gasteiger partial charge on any atom is 0.210 e. The molecule has 0 aromatic carbocycles. The molecule has 1 unspecified atom stereocenters. The topological polar surface area (TPSA) is 42.7 Å². The van der Waals surface area contributed by atoms with Crippen molar-refractivity contribution in [3.8, 4) is 0 Å². The average molecular weight is 280 g/mol. The molecule has 1 aliphatic heterocycles. The third kappa shape index (κ3) is 2.27. The van der Waals surface area contributed by atoms with Gasteiger partial charge < -0.3 is 5.43 Å². The first-order valence-electron chi connectivity index (χ1n) is 6.10. The summed E-state index contributed by atoms with van der Waals surface area (Å²) in [4.78, 5) is 1.32. The largest absolute Gasteiger partial charge is 0.318 e. The zero-order valence-corrected chi connectivity index (χ0v) is 12.1. The highest BCUT2D eigenvalue weighted by Crippen LogP contribution is 2.26. The molecule has 0 amide bonds. The Balaban J connectivity index is 1.83. The Hall–Kier alpha value is -1.01. The van der Waals surface area contributed by atoms with Crippen molar-refractivity contribution in [3.63, 3.8) is 0 Å². The van der Waals surface area contributed by atoms with Gasteiger partial charge in [-0.3, -0.25) is 0 Å². The summed E-state index contributed by atoms with van der Waals surface area (Å²) in [6, 6.07) is 4.70. The highest BCUT2D eigenvalue weighted by molar-refractivity contribution is 7.99. The van der Waals surface area contributed by atoms with E-state index in [-0.39, 0.29) is 0 Å². The van der Waals surface area contributed by atoms with Gasteiger partial charge in [-0.15, -0.1) is 21.5 Å². The van der Waals surface area contributed by atoms with Gasteiger partial charge in [0.05, 0.1) is 6.04 Å². The molecule has 3 rings (SSSR count). The molecule has 0 saturated carbocycles. The monoisotopic (exact) mass is 280 g/mol. The van der Waals surface area contributed by atoms with Crippen molar-refractivity contribution < 1.29 is 0 Å². The number of nitrogens with zero attached hydrogens (tertiary/aromatic N) is 3. The Morgan fingerprint density at radius 1 is 1.50 bits per heavy atom. The van der Waals surface area contributed by atoms with E-state index in [0.29, 0.717) is 12.0 Å². The van der Waals surface area contributed by atoms with E-state index in [4.69, 9.17) is 0 Å². The van der Waals surface area contributed by atoms with Gasteiger partial charge in [0.1, 0.15) is 0 Å². The molecule has 1 atom stereocenters. The van der Waals surface area contributed by atoms with Crippen molar-refractivity contribution >= 4 is 23.1 Å². The Bertz CT molecular complexity index is 518. The van der Waals surface area contributed by atoms with Crippen molar-refractivity contribution in [2.45, 2.75) is 31.5 Å². The van der Waals surface area contributed by atoms with Crippen LogP contribution in [-0.2, 0) is 6.42 Å². The molecule has 0 fully saturated rings. The fourth-order valence-electron chi connectivity index (χ4n) is 1.92. The molecule has 0 radical (unpaired) electrons. The maximum atomic E-state index is 4.30. The summed E-state index contributed by atoms with van der Waals surface area (Å²) in [6.07, 6.45) is 0.850. The zero-order valence-electron chi connectivity index (χ0n) is 10.5. The number of nitrogens with one attached hydrogen (secondary N) is 1. The second kappa shape index (κ2) is 4.93. The van der Waals surface area contributed by atoms with Gasteiger partial charge in [-0.05, 0) is 17.4 Å². The van der Waals surface area contributed by atoms with E-state index in [1.807, 2.05) is 0 Å². The van der Waals surface area contributed by atoms with E-state index in [1.54, 1.807) is 23.1 Å². The normalized spacial score (nSPS) is 18.7. The first kappa shape index (κ1) is 12.0. The quantitative estimate of drug-likeness (QED) is 0.938. The van der Waals surface area contributed by atoms with Crippen molar-refractivity contribution in [1.29, 1.82) is 0 Å². The Morgan fingerprint density at radius 3 is 3.11 bits per heavy atom. The Kier molecular flexibility index (Phi) is 3.30. The minimum Gasteiger partial charge on any atom is -0.318 e. The molecular formula is C12H16N4S2. The lowest BCUT2D eigenvalue weighted by Crippen LogP contribution is -2.38. The predicted molar refractivity (Wildman–Crippen MR) is 75.9 cm³/mol. The molecule has 0 spiro atoms. The van der Waals surface area contributed by atoms with Crippen LogP contribution in [0.3, 0.4) is 0 Å². The first-order chi connectivity index (χ1) is 8.74. The SMILES string of the molecule is CC(C)C1CSc2nnc(Cc3cccs3)n2N1. The standard InChI is InChI=1S/C12H16N4S2/c1-8(2)10-7-18-12-14-13-11(16(12)15-10)6-9-4-3-5-17-9/h3-5,8,10,15H,6-7H2,1-2H3. The first-order valence-corrected chi connectivity index (χ1v) is 7.96. The van der Waals surface area contributed by atoms with Gasteiger partial charge in [0, 0.05) is 17.1 Å². The van der Waals surface area contributed by atoms with Gasteiger partial charge in [0.2, 0.25) is 5.16 Å². The molecule has 18 heavy (non-hydrogen) atoms. The van der Waals surface area contributed by atoms with Crippen LogP contribution < -0.4 is 5.43 Å². The van der Waals surface area contributed by atoms with Crippen LogP contribution in [-0.4, -0.2) is 26.7 Å². The molecule has 2 aromatic rings. The molecule has 0 bridgehead atoms. The zero-order chi connectivity index (χ0) is 12.5. The minimum absolute atomic E-state index is 0.487. The van der Waals surface area contributed by atoms with E-state index < -0.39 is 0 Å². The fraction of sp³-hybridized carbons (Fsp3) is 0.500. The molecule has 0 aliphatic carbocycles. The molecule has 96 valence electrons. The summed E-state index contributed by atoms with van der Waals surface area (Å²) >= 11 is 3.55. The number of thioether (sulfide) groups is 1. The lowest BCUT2D eigenvalue weighted by atomic mass is 10.1. The number of thiophene rings is 1. The van der Waals surface area contributed by atoms with Crippen LogP contribution >= 0.6 is 23.1 Å². The van der Waals surface area contributed by atoms with Crippen molar-refractivity contribution in [1.82, 2.24) is 14.9 Å². The van der Waals surface area contributed by atoms with E-state index in [0.717, 1.165) is 23.2 Å². The second-order valence-corrected chi connectivity index (χ2v) is 6.80. The predicted octanol–water partition coefficient (Wildman–Crippen LogP) is 2.60. The number of aromatic nitrogens is 3. The highest BCUT2D eigenvalue weighted by Gasteiger charge is 2.24. The van der Waals surface area contributed by atoms with Gasteiger partial charge in [0.15, 0.2) is 5.82 Å². The fourth-order valence-corrected chi connectivity index (χ4v) is 3.79. The molecule has 0 saturated heterocycles. The van der Waals surface area contributed by atoms with E-state index >= 15 is 0 Å². The van der Waals surface area contributed by atoms with Gasteiger partial charge in [-0.2, -0.15) is 0 Å². The van der Waals surface area contributed by atoms with E-state index in [2.05, 4.69) is 51.7 Å². The number of rotatable bonds is 3. The van der Waals surface area contributed by atoms with E-state index in [1.165, 1.54) is 4.88 Å².